The minimum atomic E-state index is -0.231. The maximum atomic E-state index is 11.3. The number of aliphatic hydroxyl groups is 1. The van der Waals surface area contributed by atoms with Crippen molar-refractivity contribution in [2.45, 2.75) is 32.6 Å². The fraction of sp³-hybridized carbons (Fsp3) is 0.400. The van der Waals surface area contributed by atoms with Crippen LogP contribution in [0.25, 0.3) is 0 Å². The molecule has 1 saturated carbocycles. The predicted molar refractivity (Wildman–Crippen MR) is 71.0 cm³/mol. The van der Waals surface area contributed by atoms with E-state index in [0.29, 0.717) is 29.6 Å². The summed E-state index contributed by atoms with van der Waals surface area (Å²) in [5.41, 5.74) is 0. The monoisotopic (exact) mass is 262 g/mol. The zero-order valence-corrected chi connectivity index (χ0v) is 11.0. The van der Waals surface area contributed by atoms with Crippen LogP contribution >= 0.6 is 0 Å². The van der Waals surface area contributed by atoms with Crippen LogP contribution in [0.1, 0.15) is 32.6 Å². The molecule has 0 aliphatic heterocycles. The first kappa shape index (κ1) is 13.5. The summed E-state index contributed by atoms with van der Waals surface area (Å²) in [5, 5.41) is 9.07. The minimum absolute atomic E-state index is 0.231. The van der Waals surface area contributed by atoms with Crippen molar-refractivity contribution in [2.24, 2.45) is 5.92 Å². The zero-order chi connectivity index (χ0) is 13.7. The van der Waals surface area contributed by atoms with Crippen molar-refractivity contribution in [1.82, 2.24) is 0 Å². The maximum Gasteiger partial charge on any atom is 0.311 e. The lowest BCUT2D eigenvalue weighted by molar-refractivity contribution is -0.134. The van der Waals surface area contributed by atoms with E-state index < -0.39 is 0 Å². The molecule has 2 rings (SSSR count). The van der Waals surface area contributed by atoms with Crippen molar-refractivity contribution in [2.75, 3.05) is 0 Å². The number of hydrogen-bond donors (Lipinski definition) is 1. The Morgan fingerprint density at radius 1 is 1.26 bits per heavy atom. The van der Waals surface area contributed by atoms with Gasteiger partial charge in [0.15, 0.2) is 0 Å². The molecule has 0 heterocycles. The lowest BCUT2D eigenvalue weighted by atomic mass is 10.3. The van der Waals surface area contributed by atoms with E-state index in [-0.39, 0.29) is 5.97 Å². The van der Waals surface area contributed by atoms with Crippen LogP contribution in [0.2, 0.25) is 0 Å². The summed E-state index contributed by atoms with van der Waals surface area (Å²) in [7, 11) is 0. The van der Waals surface area contributed by atoms with Gasteiger partial charge < -0.3 is 14.6 Å². The van der Waals surface area contributed by atoms with Gasteiger partial charge in [-0.05, 0) is 43.5 Å². The number of rotatable bonds is 6. The molecule has 0 atom stereocenters. The van der Waals surface area contributed by atoms with Gasteiger partial charge in [-0.1, -0.05) is 6.92 Å². The molecule has 4 heteroatoms. The third-order valence-corrected chi connectivity index (χ3v) is 2.85. The third kappa shape index (κ3) is 4.02. The number of benzene rings is 1. The zero-order valence-electron chi connectivity index (χ0n) is 11.0. The van der Waals surface area contributed by atoms with Crippen molar-refractivity contribution in [3.05, 3.63) is 36.3 Å². The number of esters is 1. The molecule has 0 amide bonds. The molecule has 0 radical (unpaired) electrons. The summed E-state index contributed by atoms with van der Waals surface area (Å²) >= 11 is 0. The van der Waals surface area contributed by atoms with Gasteiger partial charge in [0.05, 0.1) is 0 Å². The Morgan fingerprint density at radius 2 is 1.84 bits per heavy atom. The van der Waals surface area contributed by atoms with Gasteiger partial charge in [0, 0.05) is 12.3 Å². The van der Waals surface area contributed by atoms with Gasteiger partial charge in [-0.25, -0.2) is 0 Å². The number of ether oxygens (including phenoxy) is 2. The molecule has 1 aromatic rings. The molecule has 0 aromatic heterocycles. The Bertz CT molecular complexity index is 458. The fourth-order valence-corrected chi connectivity index (χ4v) is 1.68. The summed E-state index contributed by atoms with van der Waals surface area (Å²) in [5.74, 6) is 1.84. The molecule has 102 valence electrons. The summed E-state index contributed by atoms with van der Waals surface area (Å²) in [6.07, 6.45) is 4.31. The normalized spacial score (nSPS) is 15.1. The van der Waals surface area contributed by atoms with E-state index in [4.69, 9.17) is 14.6 Å². The van der Waals surface area contributed by atoms with Gasteiger partial charge in [0.25, 0.3) is 0 Å². The molecule has 0 bridgehead atoms. The first-order valence-electron chi connectivity index (χ1n) is 6.55. The van der Waals surface area contributed by atoms with E-state index in [9.17, 15) is 4.79 Å². The summed E-state index contributed by atoms with van der Waals surface area (Å²) < 4.78 is 10.7. The van der Waals surface area contributed by atoms with Gasteiger partial charge in [-0.3, -0.25) is 4.79 Å². The van der Waals surface area contributed by atoms with Gasteiger partial charge in [0.1, 0.15) is 23.5 Å². The summed E-state index contributed by atoms with van der Waals surface area (Å²) in [6, 6.07) is 6.82. The minimum Gasteiger partial charge on any atom is -0.512 e. The SMILES string of the molecule is CCCC(=O)Oc1ccc(OC(=CO)C2CC2)cc1. The number of hydrogen-bond acceptors (Lipinski definition) is 4. The Morgan fingerprint density at radius 3 is 2.32 bits per heavy atom. The molecule has 1 fully saturated rings. The summed E-state index contributed by atoms with van der Waals surface area (Å²) in [6.45, 7) is 1.93. The average molecular weight is 262 g/mol. The van der Waals surface area contributed by atoms with Crippen LogP contribution in [-0.2, 0) is 4.79 Å². The molecule has 0 saturated heterocycles. The van der Waals surface area contributed by atoms with Gasteiger partial charge in [-0.15, -0.1) is 0 Å². The van der Waals surface area contributed by atoms with Gasteiger partial charge in [-0.2, -0.15) is 0 Å². The van der Waals surface area contributed by atoms with Crippen LogP contribution < -0.4 is 9.47 Å². The molecule has 0 unspecified atom stereocenters. The highest BCUT2D eigenvalue weighted by Crippen LogP contribution is 2.37. The highest BCUT2D eigenvalue weighted by atomic mass is 16.5. The molecule has 0 spiro atoms. The van der Waals surface area contributed by atoms with Crippen LogP contribution in [-0.4, -0.2) is 11.1 Å². The lowest BCUT2D eigenvalue weighted by Crippen LogP contribution is -2.06. The quantitative estimate of drug-likeness (QED) is 0.483. The van der Waals surface area contributed by atoms with E-state index in [1.807, 2.05) is 6.92 Å². The molecule has 19 heavy (non-hydrogen) atoms. The molecule has 1 N–H and O–H groups in total. The Hall–Kier alpha value is -1.97. The van der Waals surface area contributed by atoms with Gasteiger partial charge >= 0.3 is 5.97 Å². The molecular weight excluding hydrogens is 244 g/mol. The Balaban J connectivity index is 1.92. The first-order chi connectivity index (χ1) is 9.22. The number of carbonyl (C=O) groups excluding carboxylic acids is 1. The van der Waals surface area contributed by atoms with E-state index in [1.165, 1.54) is 0 Å². The second kappa shape index (κ2) is 6.27. The average Bonchev–Trinajstić information content (AvgIpc) is 3.22. The largest absolute Gasteiger partial charge is 0.512 e. The van der Waals surface area contributed by atoms with Crippen molar-refractivity contribution in [3.8, 4) is 11.5 Å². The van der Waals surface area contributed by atoms with Crippen LogP contribution in [0.4, 0.5) is 0 Å². The van der Waals surface area contributed by atoms with Crippen LogP contribution in [0.15, 0.2) is 36.3 Å². The van der Waals surface area contributed by atoms with Crippen LogP contribution in [0.5, 0.6) is 11.5 Å². The van der Waals surface area contributed by atoms with Crippen molar-refractivity contribution >= 4 is 5.97 Å². The molecule has 1 aromatic carbocycles. The molecule has 1 aliphatic carbocycles. The fourth-order valence-electron chi connectivity index (χ4n) is 1.68. The van der Waals surface area contributed by atoms with Crippen molar-refractivity contribution < 1.29 is 19.4 Å². The lowest BCUT2D eigenvalue weighted by Gasteiger charge is -2.09. The second-order valence-corrected chi connectivity index (χ2v) is 4.60. The maximum absolute atomic E-state index is 11.3. The number of allylic oxidation sites excluding steroid dienone is 1. The Kier molecular flexibility index (Phi) is 4.44. The highest BCUT2D eigenvalue weighted by Gasteiger charge is 2.28. The first-order valence-corrected chi connectivity index (χ1v) is 6.55. The highest BCUT2D eigenvalue weighted by molar-refractivity contribution is 5.72. The number of carbonyl (C=O) groups is 1. The van der Waals surface area contributed by atoms with Crippen LogP contribution in [0, 0.1) is 5.92 Å². The standard InChI is InChI=1S/C15H18O4/c1-2-3-15(17)19-13-8-6-12(7-9-13)18-14(10-16)11-4-5-11/h6-11,16H,2-5H2,1H3. The van der Waals surface area contributed by atoms with E-state index in [1.54, 1.807) is 24.3 Å². The Labute approximate surface area is 112 Å². The third-order valence-electron chi connectivity index (χ3n) is 2.85. The van der Waals surface area contributed by atoms with E-state index in [2.05, 4.69) is 0 Å². The van der Waals surface area contributed by atoms with Gasteiger partial charge in [0.2, 0.25) is 0 Å². The summed E-state index contributed by atoms with van der Waals surface area (Å²) in [4.78, 5) is 11.3. The smallest absolute Gasteiger partial charge is 0.311 e. The van der Waals surface area contributed by atoms with Crippen molar-refractivity contribution in [1.29, 1.82) is 0 Å². The van der Waals surface area contributed by atoms with E-state index >= 15 is 0 Å². The number of aliphatic hydroxyl groups excluding tert-OH is 1. The molecule has 1 aliphatic rings. The molecular formula is C15H18O4. The van der Waals surface area contributed by atoms with Crippen LogP contribution in [0.3, 0.4) is 0 Å². The van der Waals surface area contributed by atoms with E-state index in [0.717, 1.165) is 25.5 Å². The molecule has 4 nitrogen and oxygen atoms in total. The van der Waals surface area contributed by atoms with Crippen molar-refractivity contribution in [3.63, 3.8) is 0 Å². The topological polar surface area (TPSA) is 55.8 Å². The second-order valence-electron chi connectivity index (χ2n) is 4.60. The predicted octanol–water partition coefficient (Wildman–Crippen LogP) is 3.58.